The molecule has 17 heteroatoms. The zero-order chi connectivity index (χ0) is 66.0. The molecule has 0 atom stereocenters. The fraction of sp³-hybridized carbons (Fsp3) is 0.169. The maximum atomic E-state index is 10.0. The molecule has 0 amide bonds. The fourth-order valence-electron chi connectivity index (χ4n) is 8.29. The first-order valence-corrected chi connectivity index (χ1v) is 29.5. The summed E-state index contributed by atoms with van der Waals surface area (Å²) in [5, 5.41) is 42.6. The van der Waals surface area contributed by atoms with Crippen LogP contribution < -0.4 is 0 Å². The minimum atomic E-state index is -0.125. The third kappa shape index (κ3) is 33.8. The molecule has 498 valence electrons. The summed E-state index contributed by atoms with van der Waals surface area (Å²) in [5.74, 6) is -0.250. The van der Waals surface area contributed by atoms with Crippen molar-refractivity contribution in [3.63, 3.8) is 0 Å². The number of thiophene rings is 1. The van der Waals surface area contributed by atoms with Crippen LogP contribution in [0.3, 0.4) is 0 Å². The molecule has 6 aromatic carbocycles. The Balaban J connectivity index is 0.00000108. The maximum Gasteiger partial charge on any atom is 0.155 e. The summed E-state index contributed by atoms with van der Waals surface area (Å²) >= 11 is 1.66. The number of aliphatic hydroxyl groups excluding tert-OH is 4. The van der Waals surface area contributed by atoms with Crippen molar-refractivity contribution >= 4 is 77.8 Å². The van der Waals surface area contributed by atoms with Crippen molar-refractivity contribution in [2.24, 2.45) is 5.41 Å². The van der Waals surface area contributed by atoms with Gasteiger partial charge in [-0.15, -0.1) is 112 Å². The Labute approximate surface area is 610 Å². The molecule has 0 saturated heterocycles. The molecule has 0 spiro atoms. The molecule has 11 aromatic rings. The van der Waals surface area contributed by atoms with E-state index in [1.807, 2.05) is 145 Å². The summed E-state index contributed by atoms with van der Waals surface area (Å²) in [5.41, 5.74) is 8.80. The number of allylic oxidation sites excluding steroid dienone is 8. The zero-order valence-electron chi connectivity index (χ0n) is 54.0. The van der Waals surface area contributed by atoms with Gasteiger partial charge in [-0.05, 0) is 141 Å². The summed E-state index contributed by atoms with van der Waals surface area (Å²) in [4.78, 5) is 59.0. The number of hydrogen-bond acceptors (Lipinski definition) is 13. The minimum Gasteiger partial charge on any atom is -0.512 e. The molecular weight excluding hydrogens is 1910 g/mol. The molecule has 12 nitrogen and oxygen atoms in total. The minimum absolute atomic E-state index is 0. The first kappa shape index (κ1) is 86.1. The number of aliphatic hydroxyl groups is 4. The van der Waals surface area contributed by atoms with E-state index in [2.05, 4.69) is 114 Å². The van der Waals surface area contributed by atoms with Crippen LogP contribution in [0.15, 0.2) is 247 Å². The van der Waals surface area contributed by atoms with E-state index in [4.69, 9.17) is 20.4 Å². The molecule has 5 heterocycles. The van der Waals surface area contributed by atoms with Crippen LogP contribution in [0.25, 0.3) is 76.4 Å². The van der Waals surface area contributed by atoms with Gasteiger partial charge in [0.2, 0.25) is 0 Å². The predicted octanol–water partition coefficient (Wildman–Crippen LogP) is 18.9. The van der Waals surface area contributed by atoms with Gasteiger partial charge < -0.3 is 35.4 Å². The molecule has 0 aliphatic carbocycles. The topological polar surface area (TPSA) is 201 Å². The standard InChI is InChI=1S/C18H18N.2C15H10N.C9H6NS.4C5H8O2.4Ir/c1-18(2,3)12-14-10-11-19-17-15-7-5-4-6-13(15)8-9-16(14)17;1-2-7-13(8-3-1)15-14-9-5-4-6-12(14)10-11-16-15;1-2-6-12(7-3-1)15-11-10-13-8-4-5-9-14(13)16-15;1-2-6-10-8(4-1)9-5-3-7-11-9;4*1-4(6)3-5(2)7;;;;/h4-6,8-11H,12H2,1-3H3;1-7,9-11H;1-6,8-11H;1-4,6-7H;4*3,6H,1-2H3;;;;/q4*-1;;;;;;;;. The number of carbonyl (C=O) groups excluding carboxylic acids is 4. The smallest absolute Gasteiger partial charge is 0.155 e. The van der Waals surface area contributed by atoms with Gasteiger partial charge in [-0.25, -0.2) is 11.3 Å². The molecule has 0 aliphatic heterocycles. The van der Waals surface area contributed by atoms with Crippen molar-refractivity contribution in [2.75, 3.05) is 0 Å². The molecule has 0 unspecified atom stereocenters. The summed E-state index contributed by atoms with van der Waals surface area (Å²) < 4.78 is 0. The summed E-state index contributed by atoms with van der Waals surface area (Å²) in [6.07, 6.45) is 11.3. The fourth-order valence-corrected chi connectivity index (χ4v) is 8.94. The number of para-hydroxylation sites is 1. The quantitative estimate of drug-likeness (QED) is 0.0486. The Morgan fingerprint density at radius 3 is 1.44 bits per heavy atom. The van der Waals surface area contributed by atoms with E-state index in [1.54, 1.807) is 17.5 Å². The van der Waals surface area contributed by atoms with Crippen molar-refractivity contribution in [3.8, 4) is 33.1 Å². The van der Waals surface area contributed by atoms with Gasteiger partial charge in [0.1, 0.15) is 0 Å². The Kier molecular flexibility index (Phi) is 42.3. The van der Waals surface area contributed by atoms with Crippen molar-refractivity contribution in [1.82, 2.24) is 19.9 Å². The second-order valence-electron chi connectivity index (χ2n) is 21.3. The van der Waals surface area contributed by atoms with Crippen molar-refractivity contribution in [2.45, 2.75) is 82.6 Å². The predicted molar refractivity (Wildman–Crippen MR) is 368 cm³/mol. The van der Waals surface area contributed by atoms with E-state index in [-0.39, 0.29) is 132 Å². The van der Waals surface area contributed by atoms with Crippen LogP contribution in [0.4, 0.5) is 0 Å². The van der Waals surface area contributed by atoms with E-state index in [0.717, 1.165) is 55.9 Å². The van der Waals surface area contributed by atoms with Crippen LogP contribution in [0.2, 0.25) is 0 Å². The molecule has 0 saturated carbocycles. The molecule has 94 heavy (non-hydrogen) atoms. The van der Waals surface area contributed by atoms with Crippen LogP contribution in [0, 0.1) is 29.7 Å². The molecule has 4 N–H and O–H groups in total. The van der Waals surface area contributed by atoms with E-state index in [0.29, 0.717) is 0 Å². The first-order chi connectivity index (χ1) is 42.9. The number of nitrogens with zero attached hydrogens (tertiary/aromatic N) is 4. The number of ketones is 4. The molecule has 5 aromatic heterocycles. The second kappa shape index (κ2) is 46.2. The van der Waals surface area contributed by atoms with Gasteiger partial charge in [-0.3, -0.25) is 24.2 Å². The van der Waals surface area contributed by atoms with Gasteiger partial charge in [0.25, 0.3) is 0 Å². The van der Waals surface area contributed by atoms with E-state index < -0.39 is 0 Å². The van der Waals surface area contributed by atoms with Gasteiger partial charge >= 0.3 is 0 Å². The number of pyridine rings is 4. The number of benzene rings is 6. The monoisotopic (exact) mass is 1990 g/mol. The van der Waals surface area contributed by atoms with Gasteiger partial charge in [0, 0.05) is 123 Å². The third-order valence-corrected chi connectivity index (χ3v) is 12.4. The maximum absolute atomic E-state index is 10.0. The van der Waals surface area contributed by atoms with Crippen molar-refractivity contribution < 1.29 is 120 Å². The normalized spacial score (nSPS) is 10.6. The Bertz CT molecular complexity index is 4060. The van der Waals surface area contributed by atoms with Crippen LogP contribution in [0.1, 0.15) is 81.7 Å². The first-order valence-electron chi connectivity index (χ1n) is 28.6. The number of rotatable bonds is 8. The van der Waals surface area contributed by atoms with Crippen LogP contribution in [-0.2, 0) is 106 Å². The number of hydrogen-bond donors (Lipinski definition) is 4. The summed E-state index contributed by atoms with van der Waals surface area (Å²) in [7, 11) is 0. The van der Waals surface area contributed by atoms with Gasteiger partial charge in [-0.1, -0.05) is 105 Å². The Morgan fingerprint density at radius 2 is 0.936 bits per heavy atom. The molecular formula is C77H76Ir4N4O8S-4. The van der Waals surface area contributed by atoms with E-state index in [1.165, 1.54) is 112 Å². The van der Waals surface area contributed by atoms with E-state index >= 15 is 0 Å². The SMILES string of the molecule is CC(=O)C=C(C)O.CC(=O)C=C(C)O.CC(=O)C=C(C)O.CC(=O)C=C(C)O.CC(C)(C)Cc1ccnc2c1ccc1ccc[c-]c12.[Ir].[Ir].[Ir].[Ir].[c-]1ccccc1-c1ccc2ccccc2n1.[c-]1ccccc1-c1nccc2ccccc12.[c-]1ccsc1-c1ccccn1. The Morgan fingerprint density at radius 1 is 0.436 bits per heavy atom. The van der Waals surface area contributed by atoms with Gasteiger partial charge in [-0.2, -0.15) is 12.1 Å². The molecule has 11 rings (SSSR count). The third-order valence-electron chi connectivity index (χ3n) is 11.6. The number of aromatic nitrogens is 4. The number of fused-ring (bicyclic) bond motifs is 5. The van der Waals surface area contributed by atoms with E-state index in [9.17, 15) is 19.2 Å². The summed E-state index contributed by atoms with van der Waals surface area (Å²) in [6, 6.07) is 71.6. The molecule has 0 aliphatic rings. The second-order valence-corrected chi connectivity index (χ2v) is 22.2. The van der Waals surface area contributed by atoms with Crippen LogP contribution >= 0.6 is 11.3 Å². The van der Waals surface area contributed by atoms with Crippen LogP contribution in [0.5, 0.6) is 0 Å². The number of carbonyl (C=O) groups is 4. The average Bonchev–Trinajstić information content (AvgIpc) is 0.870. The van der Waals surface area contributed by atoms with Gasteiger partial charge in [0.05, 0.1) is 28.6 Å². The molecule has 0 bridgehead atoms. The molecule has 4 radical (unpaired) electrons. The Hall–Kier alpha value is -7.90. The summed E-state index contributed by atoms with van der Waals surface area (Å²) in [6.45, 7) is 18.2. The average molecular weight is 1990 g/mol. The van der Waals surface area contributed by atoms with Crippen molar-refractivity contribution in [1.29, 1.82) is 0 Å². The van der Waals surface area contributed by atoms with Crippen molar-refractivity contribution in [3.05, 3.63) is 277 Å². The van der Waals surface area contributed by atoms with Gasteiger partial charge in [0.15, 0.2) is 23.1 Å². The zero-order valence-corrected chi connectivity index (χ0v) is 64.4. The molecule has 0 fully saturated rings. The largest absolute Gasteiger partial charge is 0.512 e. The van der Waals surface area contributed by atoms with Crippen LogP contribution in [-0.4, -0.2) is 63.5 Å².